The number of fused-ring (bicyclic) bond motifs is 1. The number of sulfonamides is 1. The zero-order valence-corrected chi connectivity index (χ0v) is 14.8. The monoisotopic (exact) mass is 361 g/mol. The van der Waals surface area contributed by atoms with Crippen molar-refractivity contribution in [1.29, 1.82) is 0 Å². The molecule has 0 spiro atoms. The average Bonchev–Trinajstić information content (AvgIpc) is 3.02. The highest BCUT2D eigenvalue weighted by Gasteiger charge is 2.26. The van der Waals surface area contributed by atoms with Crippen molar-refractivity contribution in [2.24, 2.45) is 0 Å². The van der Waals surface area contributed by atoms with Crippen LogP contribution in [0, 0.1) is 24.0 Å². The zero-order valence-electron chi connectivity index (χ0n) is 14.0. The predicted molar refractivity (Wildman–Crippen MR) is 93.6 cm³/mol. The second kappa shape index (κ2) is 6.55. The summed E-state index contributed by atoms with van der Waals surface area (Å²) in [4.78, 5) is 10.3. The van der Waals surface area contributed by atoms with E-state index < -0.39 is 20.6 Å². The second-order valence-electron chi connectivity index (χ2n) is 6.19. The Labute approximate surface area is 146 Å². The van der Waals surface area contributed by atoms with E-state index in [-0.39, 0.29) is 11.4 Å². The molecule has 0 atom stereocenters. The van der Waals surface area contributed by atoms with Crippen molar-refractivity contribution in [2.45, 2.75) is 38.4 Å². The quantitative estimate of drug-likeness (QED) is 0.628. The highest BCUT2D eigenvalue weighted by molar-refractivity contribution is 7.89. The van der Waals surface area contributed by atoms with E-state index in [1.807, 2.05) is 18.2 Å². The predicted octanol–water partition coefficient (Wildman–Crippen LogP) is 2.29. The summed E-state index contributed by atoms with van der Waals surface area (Å²) in [5.41, 5.74) is 4.13. The molecular weight excluding hydrogens is 342 g/mol. The van der Waals surface area contributed by atoms with E-state index >= 15 is 0 Å². The van der Waals surface area contributed by atoms with Crippen LogP contribution in [0.15, 0.2) is 35.2 Å². The first-order valence-electron chi connectivity index (χ1n) is 7.84. The van der Waals surface area contributed by atoms with Gasteiger partial charge in [-0.1, -0.05) is 18.2 Å². The Morgan fingerprint density at radius 3 is 2.52 bits per heavy atom. The third-order valence-electron chi connectivity index (χ3n) is 4.43. The van der Waals surface area contributed by atoms with Crippen LogP contribution in [0.3, 0.4) is 0 Å². The van der Waals surface area contributed by atoms with Crippen molar-refractivity contribution in [3.63, 3.8) is 0 Å². The number of aryl methyl sites for hydroxylation is 2. The fraction of sp³-hybridized carbons (Fsp3) is 0.294. The first-order valence-corrected chi connectivity index (χ1v) is 9.33. The molecular formula is C17H19N3O4S. The molecule has 7 nitrogen and oxygen atoms in total. The summed E-state index contributed by atoms with van der Waals surface area (Å²) in [6.07, 6.45) is 0. The lowest BCUT2D eigenvalue weighted by atomic mass is 10.1. The van der Waals surface area contributed by atoms with Gasteiger partial charge >= 0.3 is 0 Å². The summed E-state index contributed by atoms with van der Waals surface area (Å²) in [6, 6.07) is 8.43. The van der Waals surface area contributed by atoms with Gasteiger partial charge in [-0.25, -0.2) is 13.1 Å². The molecule has 0 bridgehead atoms. The van der Waals surface area contributed by atoms with Crippen LogP contribution >= 0.6 is 0 Å². The molecule has 2 N–H and O–H groups in total. The van der Waals surface area contributed by atoms with Gasteiger partial charge in [0.2, 0.25) is 10.0 Å². The minimum absolute atomic E-state index is 0.0830. The minimum atomic E-state index is -3.99. The smallest absolute Gasteiger partial charge is 0.289 e. The van der Waals surface area contributed by atoms with Crippen molar-refractivity contribution < 1.29 is 13.3 Å². The lowest BCUT2D eigenvalue weighted by molar-refractivity contribution is -0.387. The van der Waals surface area contributed by atoms with Gasteiger partial charge in [0.25, 0.3) is 5.69 Å². The standard InChI is InChI=1S/C17H19N3O4S/c1-11-5-16(20(21)22)17(6-12(11)2)25(23,24)19-8-13-3-4-14-9-18-10-15(14)7-13/h3-7,18-19H,8-10H2,1-2H3. The molecule has 1 aliphatic heterocycles. The maximum Gasteiger partial charge on any atom is 0.289 e. The van der Waals surface area contributed by atoms with Crippen LogP contribution in [0.5, 0.6) is 0 Å². The molecule has 0 saturated carbocycles. The number of hydrogen-bond donors (Lipinski definition) is 2. The van der Waals surface area contributed by atoms with Crippen LogP contribution in [0.2, 0.25) is 0 Å². The fourth-order valence-corrected chi connectivity index (χ4v) is 4.10. The van der Waals surface area contributed by atoms with Crippen LogP contribution in [0.4, 0.5) is 5.69 Å². The number of nitrogens with zero attached hydrogens (tertiary/aromatic N) is 1. The summed E-state index contributed by atoms with van der Waals surface area (Å²) in [6.45, 7) is 5.10. The first-order chi connectivity index (χ1) is 11.8. The molecule has 132 valence electrons. The molecule has 0 fully saturated rings. The summed E-state index contributed by atoms with van der Waals surface area (Å²) >= 11 is 0. The third-order valence-corrected chi connectivity index (χ3v) is 5.86. The van der Waals surface area contributed by atoms with Crippen molar-refractivity contribution >= 4 is 15.7 Å². The van der Waals surface area contributed by atoms with E-state index in [1.165, 1.54) is 17.7 Å². The second-order valence-corrected chi connectivity index (χ2v) is 7.93. The van der Waals surface area contributed by atoms with Crippen molar-refractivity contribution in [3.8, 4) is 0 Å². The molecule has 2 aromatic rings. The lowest BCUT2D eigenvalue weighted by Crippen LogP contribution is -2.24. The van der Waals surface area contributed by atoms with E-state index in [2.05, 4.69) is 10.0 Å². The van der Waals surface area contributed by atoms with Gasteiger partial charge < -0.3 is 5.32 Å². The van der Waals surface area contributed by atoms with Crippen LogP contribution < -0.4 is 10.0 Å². The molecule has 25 heavy (non-hydrogen) atoms. The van der Waals surface area contributed by atoms with Crippen LogP contribution in [0.1, 0.15) is 27.8 Å². The molecule has 0 aliphatic carbocycles. The summed E-state index contributed by atoms with van der Waals surface area (Å²) in [5.74, 6) is 0. The molecule has 0 unspecified atom stereocenters. The van der Waals surface area contributed by atoms with Crippen LogP contribution in [-0.4, -0.2) is 13.3 Å². The van der Waals surface area contributed by atoms with Crippen LogP contribution in [0.25, 0.3) is 0 Å². The van der Waals surface area contributed by atoms with E-state index in [9.17, 15) is 18.5 Å². The van der Waals surface area contributed by atoms with Gasteiger partial charge in [-0.05, 0) is 47.7 Å². The van der Waals surface area contributed by atoms with Gasteiger partial charge in [-0.15, -0.1) is 0 Å². The van der Waals surface area contributed by atoms with Gasteiger partial charge in [-0.3, -0.25) is 10.1 Å². The Morgan fingerprint density at radius 1 is 1.12 bits per heavy atom. The molecule has 1 aliphatic rings. The minimum Gasteiger partial charge on any atom is -0.309 e. The zero-order chi connectivity index (χ0) is 18.2. The number of nitro groups is 1. The van der Waals surface area contributed by atoms with Crippen molar-refractivity contribution in [1.82, 2.24) is 10.0 Å². The topological polar surface area (TPSA) is 101 Å². The Morgan fingerprint density at radius 2 is 1.80 bits per heavy atom. The molecule has 0 aromatic heterocycles. The normalized spacial score (nSPS) is 13.7. The van der Waals surface area contributed by atoms with E-state index in [0.717, 1.165) is 24.2 Å². The van der Waals surface area contributed by atoms with Crippen molar-refractivity contribution in [3.05, 3.63) is 68.3 Å². The van der Waals surface area contributed by atoms with E-state index in [4.69, 9.17) is 0 Å². The largest absolute Gasteiger partial charge is 0.309 e. The molecule has 0 amide bonds. The number of rotatable bonds is 5. The SMILES string of the molecule is Cc1cc([N+](=O)[O-])c(S(=O)(=O)NCc2ccc3c(c2)CNC3)cc1C. The molecule has 0 radical (unpaired) electrons. The fourth-order valence-electron chi connectivity index (χ4n) is 2.85. The highest BCUT2D eigenvalue weighted by atomic mass is 32.2. The number of benzene rings is 2. The Hall–Kier alpha value is -2.29. The molecule has 2 aromatic carbocycles. The first kappa shape index (κ1) is 17.5. The van der Waals surface area contributed by atoms with Gasteiger partial charge in [0.1, 0.15) is 0 Å². The van der Waals surface area contributed by atoms with Crippen molar-refractivity contribution in [2.75, 3.05) is 0 Å². The maximum absolute atomic E-state index is 12.6. The molecule has 3 rings (SSSR count). The highest BCUT2D eigenvalue weighted by Crippen LogP contribution is 2.27. The Kier molecular flexibility index (Phi) is 4.59. The number of nitrogens with one attached hydrogen (secondary N) is 2. The average molecular weight is 361 g/mol. The molecule has 0 saturated heterocycles. The maximum atomic E-state index is 12.6. The number of nitro benzene ring substituents is 1. The summed E-state index contributed by atoms with van der Waals surface area (Å²) in [7, 11) is -3.99. The van der Waals surface area contributed by atoms with Gasteiger partial charge in [-0.2, -0.15) is 0 Å². The third kappa shape index (κ3) is 3.55. The van der Waals surface area contributed by atoms with E-state index in [0.29, 0.717) is 11.1 Å². The Bertz CT molecular complexity index is 955. The van der Waals surface area contributed by atoms with Crippen LogP contribution in [-0.2, 0) is 29.7 Å². The number of hydrogen-bond acceptors (Lipinski definition) is 5. The van der Waals surface area contributed by atoms with Gasteiger partial charge in [0.15, 0.2) is 4.90 Å². The van der Waals surface area contributed by atoms with Gasteiger partial charge in [0, 0.05) is 25.7 Å². The Balaban J connectivity index is 1.87. The molecule has 1 heterocycles. The van der Waals surface area contributed by atoms with E-state index in [1.54, 1.807) is 13.8 Å². The van der Waals surface area contributed by atoms with Gasteiger partial charge in [0.05, 0.1) is 4.92 Å². The summed E-state index contributed by atoms with van der Waals surface area (Å²) in [5, 5.41) is 14.5. The summed E-state index contributed by atoms with van der Waals surface area (Å²) < 4.78 is 27.7. The molecule has 8 heteroatoms. The lowest BCUT2D eigenvalue weighted by Gasteiger charge is -2.10.